The second-order valence-electron chi connectivity index (χ2n) is 10.1. The molecule has 39 heavy (non-hydrogen) atoms. The van der Waals surface area contributed by atoms with Crippen molar-refractivity contribution < 1.29 is 9.47 Å². The van der Waals surface area contributed by atoms with E-state index in [9.17, 15) is 0 Å². The van der Waals surface area contributed by atoms with Crippen molar-refractivity contribution in [3.05, 3.63) is 89.9 Å². The summed E-state index contributed by atoms with van der Waals surface area (Å²) in [5, 5.41) is 4.45. The Hall–Kier alpha value is -4.23. The van der Waals surface area contributed by atoms with Gasteiger partial charge in [0.25, 0.3) is 0 Å². The number of hydrogen-bond donors (Lipinski definition) is 1. The van der Waals surface area contributed by atoms with E-state index in [1.807, 2.05) is 18.2 Å². The maximum atomic E-state index is 5.60. The van der Waals surface area contributed by atoms with E-state index in [1.54, 1.807) is 20.4 Å². The summed E-state index contributed by atoms with van der Waals surface area (Å²) in [5.74, 6) is 0.533. The van der Waals surface area contributed by atoms with Crippen LogP contribution in [-0.4, -0.2) is 40.9 Å². The second kappa shape index (κ2) is 10.9. The minimum Gasteiger partial charge on any atom is -0.480 e. The van der Waals surface area contributed by atoms with E-state index in [0.717, 1.165) is 70.5 Å². The lowest BCUT2D eigenvalue weighted by molar-refractivity contribution is 0.0663. The molecule has 2 aliphatic carbocycles. The SMILES string of the molecule is COc1ncccc1Nc1cc2nc3ccccc3n(-c3ccc(C)cc3)c-2c/c1=N\C1CCC(OC)CC1. The minimum absolute atomic E-state index is 0.228. The molecule has 0 radical (unpaired) electrons. The highest BCUT2D eigenvalue weighted by atomic mass is 16.5. The van der Waals surface area contributed by atoms with E-state index in [0.29, 0.717) is 12.0 Å². The fourth-order valence-electron chi connectivity index (χ4n) is 5.42. The highest BCUT2D eigenvalue weighted by molar-refractivity contribution is 5.84. The van der Waals surface area contributed by atoms with Gasteiger partial charge in [-0.1, -0.05) is 29.8 Å². The molecule has 0 saturated heterocycles. The quantitative estimate of drug-likeness (QED) is 0.261. The number of aryl methyl sites for hydroxylation is 1. The minimum atomic E-state index is 0.228. The fraction of sp³-hybridized carbons (Fsp3) is 0.281. The smallest absolute Gasteiger partial charge is 0.237 e. The summed E-state index contributed by atoms with van der Waals surface area (Å²) in [6, 6.07) is 25.2. The first kappa shape index (κ1) is 25.1. The van der Waals surface area contributed by atoms with Gasteiger partial charge in [0.05, 0.1) is 52.7 Å². The van der Waals surface area contributed by atoms with Crippen molar-refractivity contribution in [1.82, 2.24) is 14.5 Å². The third kappa shape index (κ3) is 5.10. The lowest BCUT2D eigenvalue weighted by Crippen LogP contribution is -2.25. The van der Waals surface area contributed by atoms with Crippen LogP contribution in [0.3, 0.4) is 0 Å². The van der Waals surface area contributed by atoms with Gasteiger partial charge in [-0.2, -0.15) is 0 Å². The van der Waals surface area contributed by atoms with Gasteiger partial charge >= 0.3 is 0 Å². The van der Waals surface area contributed by atoms with Crippen molar-refractivity contribution in [1.29, 1.82) is 0 Å². The average Bonchev–Trinajstić information content (AvgIpc) is 2.97. The average molecular weight is 520 g/mol. The summed E-state index contributed by atoms with van der Waals surface area (Å²) in [6.07, 6.45) is 6.09. The van der Waals surface area contributed by atoms with Crippen molar-refractivity contribution in [2.75, 3.05) is 19.5 Å². The maximum Gasteiger partial charge on any atom is 0.237 e. The lowest BCUT2D eigenvalue weighted by atomic mass is 9.93. The van der Waals surface area contributed by atoms with Gasteiger partial charge in [0.15, 0.2) is 0 Å². The Labute approximate surface area is 228 Å². The molecule has 1 saturated carbocycles. The number of fused-ring (bicyclic) bond motifs is 2. The zero-order valence-corrected chi connectivity index (χ0v) is 22.6. The molecule has 2 heterocycles. The van der Waals surface area contributed by atoms with E-state index < -0.39 is 0 Å². The number of nitrogens with one attached hydrogen (secondary N) is 1. The number of hydrogen-bond acceptors (Lipinski definition) is 6. The molecule has 7 nitrogen and oxygen atoms in total. The van der Waals surface area contributed by atoms with E-state index in [1.165, 1.54) is 5.56 Å². The van der Waals surface area contributed by atoms with Crippen molar-refractivity contribution >= 4 is 22.4 Å². The number of anilines is 2. The zero-order chi connectivity index (χ0) is 26.8. The molecule has 7 heteroatoms. The van der Waals surface area contributed by atoms with Crippen LogP contribution in [0.4, 0.5) is 11.4 Å². The molecule has 0 unspecified atom stereocenters. The number of aromatic nitrogens is 3. The van der Waals surface area contributed by atoms with Gasteiger partial charge in [-0.25, -0.2) is 9.97 Å². The van der Waals surface area contributed by atoms with Gasteiger partial charge in [0, 0.05) is 19.0 Å². The van der Waals surface area contributed by atoms with Crippen molar-refractivity contribution in [3.8, 4) is 23.0 Å². The van der Waals surface area contributed by atoms with Crippen molar-refractivity contribution in [3.63, 3.8) is 0 Å². The van der Waals surface area contributed by atoms with Crippen LogP contribution >= 0.6 is 0 Å². The number of pyridine rings is 1. The molecule has 0 bridgehead atoms. The van der Waals surface area contributed by atoms with E-state index >= 15 is 0 Å². The van der Waals surface area contributed by atoms with E-state index in [2.05, 4.69) is 76.4 Å². The van der Waals surface area contributed by atoms with Crippen LogP contribution in [0.25, 0.3) is 28.1 Å². The summed E-state index contributed by atoms with van der Waals surface area (Å²) in [4.78, 5) is 14.7. The molecule has 0 atom stereocenters. The van der Waals surface area contributed by atoms with Gasteiger partial charge in [-0.3, -0.25) is 4.99 Å². The molecular formula is C32H33N5O2. The van der Waals surface area contributed by atoms with Crippen LogP contribution in [0, 0.1) is 6.92 Å². The second-order valence-corrected chi connectivity index (χ2v) is 10.1. The van der Waals surface area contributed by atoms with Crippen LogP contribution in [0.1, 0.15) is 31.2 Å². The summed E-state index contributed by atoms with van der Waals surface area (Å²) in [5.41, 5.74) is 7.83. The Balaban J connectivity index is 1.58. The maximum absolute atomic E-state index is 5.60. The first-order chi connectivity index (χ1) is 19.1. The van der Waals surface area contributed by atoms with Gasteiger partial charge < -0.3 is 19.4 Å². The van der Waals surface area contributed by atoms with Crippen LogP contribution in [0.15, 0.2) is 84.0 Å². The molecule has 1 fully saturated rings. The van der Waals surface area contributed by atoms with Gasteiger partial charge in [0.1, 0.15) is 5.69 Å². The van der Waals surface area contributed by atoms with Crippen LogP contribution < -0.4 is 15.4 Å². The van der Waals surface area contributed by atoms with Gasteiger partial charge in [-0.05, 0) is 81.1 Å². The zero-order valence-electron chi connectivity index (χ0n) is 22.6. The summed E-state index contributed by atoms with van der Waals surface area (Å²) < 4.78 is 13.4. The summed E-state index contributed by atoms with van der Waals surface area (Å²) in [7, 11) is 3.43. The van der Waals surface area contributed by atoms with E-state index in [4.69, 9.17) is 19.5 Å². The van der Waals surface area contributed by atoms with Crippen molar-refractivity contribution in [2.24, 2.45) is 4.99 Å². The highest BCUT2D eigenvalue weighted by Crippen LogP contribution is 2.32. The molecule has 1 aliphatic heterocycles. The largest absolute Gasteiger partial charge is 0.480 e. The summed E-state index contributed by atoms with van der Waals surface area (Å²) in [6.45, 7) is 2.11. The van der Waals surface area contributed by atoms with Gasteiger partial charge in [-0.15, -0.1) is 0 Å². The predicted octanol–water partition coefficient (Wildman–Crippen LogP) is 6.44. The van der Waals surface area contributed by atoms with Crippen LogP contribution in [-0.2, 0) is 4.74 Å². The molecule has 0 amide bonds. The Kier molecular flexibility index (Phi) is 6.99. The Bertz CT molecular complexity index is 1640. The predicted molar refractivity (Wildman–Crippen MR) is 155 cm³/mol. The van der Waals surface area contributed by atoms with Crippen LogP contribution in [0.5, 0.6) is 5.88 Å². The lowest BCUT2D eigenvalue weighted by Gasteiger charge is -2.25. The Morgan fingerprint density at radius 1 is 0.897 bits per heavy atom. The molecule has 1 aromatic heterocycles. The molecule has 3 aliphatic rings. The highest BCUT2D eigenvalue weighted by Gasteiger charge is 2.22. The first-order valence-electron chi connectivity index (χ1n) is 13.5. The van der Waals surface area contributed by atoms with Gasteiger partial charge in [0.2, 0.25) is 5.88 Å². The molecular weight excluding hydrogens is 486 g/mol. The number of ether oxygens (including phenoxy) is 2. The van der Waals surface area contributed by atoms with Crippen LogP contribution in [0.2, 0.25) is 0 Å². The number of nitrogens with zero attached hydrogens (tertiary/aromatic N) is 4. The first-order valence-corrected chi connectivity index (χ1v) is 13.5. The topological polar surface area (TPSA) is 73.6 Å². The third-order valence-corrected chi connectivity index (χ3v) is 7.52. The number of rotatable bonds is 6. The molecule has 6 rings (SSSR count). The Morgan fingerprint density at radius 3 is 2.46 bits per heavy atom. The molecule has 2 aromatic carbocycles. The third-order valence-electron chi connectivity index (χ3n) is 7.52. The van der Waals surface area contributed by atoms with Crippen molar-refractivity contribution in [2.45, 2.75) is 44.8 Å². The van der Waals surface area contributed by atoms with E-state index in [-0.39, 0.29) is 6.04 Å². The Morgan fingerprint density at radius 2 is 1.69 bits per heavy atom. The number of para-hydroxylation sites is 2. The molecule has 3 aromatic rings. The molecule has 1 N–H and O–H groups in total. The number of methoxy groups -OCH3 is 2. The fourth-order valence-corrected chi connectivity index (χ4v) is 5.42. The monoisotopic (exact) mass is 519 g/mol. The number of benzene rings is 3. The summed E-state index contributed by atoms with van der Waals surface area (Å²) >= 11 is 0. The molecule has 198 valence electrons. The molecule has 0 spiro atoms. The normalized spacial score (nSPS) is 18.0. The standard InChI is InChI=1S/C32H33N5O2/c1-21-10-14-23(15-11-21)37-30-9-5-4-7-25(30)35-29-19-27(36-26-8-6-18-33-32(26)39-3)28(20-31(29)37)34-22-12-16-24(38-2)17-13-22/h4-11,14-15,18-20,22,24,36H,12-13,16-17H2,1-3H3/b34-28+.